The number of nitrogens with zero attached hydrogens (tertiary/aromatic N) is 1. The third-order valence-electron chi connectivity index (χ3n) is 5.39. The molecule has 1 aliphatic rings. The number of rotatable bonds is 5. The van der Waals surface area contributed by atoms with Crippen LogP contribution in [0.2, 0.25) is 0 Å². The lowest BCUT2D eigenvalue weighted by molar-refractivity contribution is -0.216. The average Bonchev–Trinajstić information content (AvgIpc) is 2.72. The van der Waals surface area contributed by atoms with E-state index < -0.39 is 11.1 Å². The maximum atomic E-state index is 10.7. The molecule has 0 fully saturated rings. The fourth-order valence-electron chi connectivity index (χ4n) is 3.61. The van der Waals surface area contributed by atoms with Crippen LogP contribution >= 0.6 is 12.6 Å². The summed E-state index contributed by atoms with van der Waals surface area (Å²) in [5.41, 5.74) is 2.53. The van der Waals surface area contributed by atoms with Crippen LogP contribution in [-0.4, -0.2) is 33.7 Å². The minimum atomic E-state index is -0.456. The van der Waals surface area contributed by atoms with Crippen LogP contribution in [0.1, 0.15) is 85.9 Å². The summed E-state index contributed by atoms with van der Waals surface area (Å²) in [7, 11) is 0. The highest BCUT2D eigenvalue weighted by molar-refractivity contribution is 7.81. The second-order valence-electron chi connectivity index (χ2n) is 9.61. The van der Waals surface area contributed by atoms with E-state index in [9.17, 15) is 5.21 Å². The number of ether oxygens (including phenoxy) is 1. The predicted molar refractivity (Wildman–Crippen MR) is 123 cm³/mol. The van der Waals surface area contributed by atoms with E-state index in [0.29, 0.717) is 0 Å². The Morgan fingerprint density at radius 1 is 1.11 bits per heavy atom. The number of hydrogen-bond acceptors (Lipinski definition) is 5. The summed E-state index contributed by atoms with van der Waals surface area (Å²) in [5.74, 6) is 0.866. The molecule has 0 bridgehead atoms. The molecule has 0 saturated heterocycles. The Balaban J connectivity index is 0.00000190. The third kappa shape index (κ3) is 5.24. The Hall–Kier alpha value is -0.750. The molecule has 28 heavy (non-hydrogen) atoms. The molecule has 4 nitrogen and oxygen atoms in total. The highest BCUT2D eigenvalue weighted by Crippen LogP contribution is 2.49. The van der Waals surface area contributed by atoms with Crippen molar-refractivity contribution in [3.05, 3.63) is 28.8 Å². The van der Waals surface area contributed by atoms with Gasteiger partial charge in [-0.3, -0.25) is 0 Å². The van der Waals surface area contributed by atoms with Crippen LogP contribution in [0.4, 0.5) is 0 Å². The van der Waals surface area contributed by atoms with Crippen LogP contribution in [0.5, 0.6) is 5.75 Å². The van der Waals surface area contributed by atoms with Crippen LogP contribution < -0.4 is 10.1 Å². The van der Waals surface area contributed by atoms with Crippen molar-refractivity contribution in [1.82, 2.24) is 10.4 Å². The maximum absolute atomic E-state index is 10.7. The van der Waals surface area contributed by atoms with Gasteiger partial charge in [-0.2, -0.15) is 17.7 Å². The minimum absolute atomic E-state index is 0.0345. The van der Waals surface area contributed by atoms with E-state index >= 15 is 0 Å². The largest absolute Gasteiger partial charge is 0.489 e. The Kier molecular flexibility index (Phi) is 8.08. The molecule has 0 radical (unpaired) electrons. The van der Waals surface area contributed by atoms with Crippen molar-refractivity contribution in [2.75, 3.05) is 6.54 Å². The summed E-state index contributed by atoms with van der Waals surface area (Å²) in [5, 5.41) is 15.7. The fraction of sp³-hybridized carbons (Fsp3) is 0.739. The molecule has 0 amide bonds. The second kappa shape index (κ2) is 8.95. The molecule has 1 heterocycles. The maximum Gasteiger partial charge on any atom is 0.123 e. The average molecular weight is 411 g/mol. The van der Waals surface area contributed by atoms with Crippen LogP contribution in [0, 0.1) is 6.92 Å². The van der Waals surface area contributed by atoms with Crippen molar-refractivity contribution in [3.8, 4) is 5.75 Å². The normalized spacial score (nSPS) is 20.0. The van der Waals surface area contributed by atoms with Crippen LogP contribution in [0.15, 0.2) is 12.1 Å². The molecular weight excluding hydrogens is 368 g/mol. The van der Waals surface area contributed by atoms with Gasteiger partial charge in [-0.15, -0.1) is 0 Å². The minimum Gasteiger partial charge on any atom is -0.489 e. The quantitative estimate of drug-likeness (QED) is 0.549. The summed E-state index contributed by atoms with van der Waals surface area (Å²) < 4.78 is 6.28. The second-order valence-corrected chi connectivity index (χ2v) is 10.3. The molecule has 5 heteroatoms. The van der Waals surface area contributed by atoms with Crippen molar-refractivity contribution >= 4 is 12.6 Å². The van der Waals surface area contributed by atoms with E-state index in [4.69, 9.17) is 17.4 Å². The first-order chi connectivity index (χ1) is 12.7. The summed E-state index contributed by atoms with van der Waals surface area (Å²) in [6.07, 6.45) is -0.0345. The topological polar surface area (TPSA) is 44.7 Å². The van der Waals surface area contributed by atoms with E-state index in [1.165, 1.54) is 5.06 Å². The van der Waals surface area contributed by atoms with Gasteiger partial charge in [0.2, 0.25) is 0 Å². The van der Waals surface area contributed by atoms with Crippen molar-refractivity contribution in [2.24, 2.45) is 0 Å². The van der Waals surface area contributed by atoms with Gasteiger partial charge in [-0.05, 0) is 85.1 Å². The fourth-order valence-corrected chi connectivity index (χ4v) is 3.76. The summed E-state index contributed by atoms with van der Waals surface area (Å²) >= 11 is 4.72. The SMILES string of the molecule is CC.Cc1cc2c(cc1OC(C)C(S)CNC(C)(C)C)C(C)(C)N(O)C2(C)C. The van der Waals surface area contributed by atoms with Crippen LogP contribution in [0.25, 0.3) is 0 Å². The zero-order chi connectivity index (χ0) is 22.1. The smallest absolute Gasteiger partial charge is 0.123 e. The molecule has 1 aromatic rings. The summed E-state index contributed by atoms with van der Waals surface area (Å²) in [4.78, 5) is 0. The van der Waals surface area contributed by atoms with Crippen LogP contribution in [-0.2, 0) is 11.1 Å². The number of hydroxylamine groups is 2. The number of fused-ring (bicyclic) bond motifs is 1. The lowest BCUT2D eigenvalue weighted by atomic mass is 9.89. The van der Waals surface area contributed by atoms with Gasteiger partial charge >= 0.3 is 0 Å². The highest BCUT2D eigenvalue weighted by atomic mass is 32.1. The Morgan fingerprint density at radius 2 is 1.57 bits per heavy atom. The highest BCUT2D eigenvalue weighted by Gasteiger charge is 2.49. The molecule has 2 rings (SSSR count). The molecule has 0 spiro atoms. The molecule has 0 saturated carbocycles. The summed E-state index contributed by atoms with van der Waals surface area (Å²) in [6, 6.07) is 4.24. The van der Waals surface area contributed by atoms with Gasteiger partial charge in [0.05, 0.1) is 16.3 Å². The third-order valence-corrected chi connectivity index (χ3v) is 5.99. The first-order valence-corrected chi connectivity index (χ1v) is 10.9. The lowest BCUT2D eigenvalue weighted by Gasteiger charge is -2.34. The lowest BCUT2D eigenvalue weighted by Crippen LogP contribution is -2.43. The number of thiol groups is 1. The van der Waals surface area contributed by atoms with Crippen molar-refractivity contribution in [1.29, 1.82) is 0 Å². The zero-order valence-electron chi connectivity index (χ0n) is 19.8. The molecule has 2 unspecified atom stereocenters. The number of aryl methyl sites for hydroxylation is 1. The Labute approximate surface area is 178 Å². The number of benzene rings is 1. The van der Waals surface area contributed by atoms with Gasteiger partial charge in [-0.25, -0.2) is 0 Å². The first kappa shape index (κ1) is 25.3. The molecular formula is C23H42N2O2S. The van der Waals surface area contributed by atoms with Crippen molar-refractivity contribution < 1.29 is 9.94 Å². The van der Waals surface area contributed by atoms with E-state index in [0.717, 1.165) is 29.0 Å². The van der Waals surface area contributed by atoms with E-state index in [2.05, 4.69) is 52.1 Å². The molecule has 162 valence electrons. The van der Waals surface area contributed by atoms with Gasteiger partial charge in [0.15, 0.2) is 0 Å². The molecule has 0 aromatic heterocycles. The van der Waals surface area contributed by atoms with Gasteiger partial charge in [-0.1, -0.05) is 19.9 Å². The Morgan fingerprint density at radius 3 is 2.04 bits per heavy atom. The van der Waals surface area contributed by atoms with E-state index in [-0.39, 0.29) is 16.9 Å². The molecule has 1 aromatic carbocycles. The van der Waals surface area contributed by atoms with Crippen molar-refractivity contribution in [3.63, 3.8) is 0 Å². The molecule has 1 aliphatic heterocycles. The van der Waals surface area contributed by atoms with Gasteiger partial charge in [0.25, 0.3) is 0 Å². The van der Waals surface area contributed by atoms with E-state index in [1.807, 2.05) is 41.5 Å². The first-order valence-electron chi connectivity index (χ1n) is 10.4. The molecule has 2 atom stereocenters. The van der Waals surface area contributed by atoms with Gasteiger partial charge in [0.1, 0.15) is 11.9 Å². The molecule has 0 aliphatic carbocycles. The Bertz CT molecular complexity index is 665. The number of hydrogen-bond donors (Lipinski definition) is 3. The van der Waals surface area contributed by atoms with Crippen LogP contribution in [0.3, 0.4) is 0 Å². The predicted octanol–water partition coefficient (Wildman–Crippen LogP) is 5.65. The zero-order valence-corrected chi connectivity index (χ0v) is 20.7. The summed E-state index contributed by atoms with van der Waals surface area (Å²) in [6.45, 7) is 23.5. The standard InChI is InChI=1S/C21H36N2O2S.C2H6/c1-13-10-15-16(21(8,9)23(24)20(15,6)7)11-17(13)25-14(2)18(26)12-22-19(3,4)5;1-2/h10-11,14,18,22,24,26H,12H2,1-9H3;1-2H3. The number of nitrogens with one attached hydrogen (secondary N) is 1. The van der Waals surface area contributed by atoms with E-state index in [1.54, 1.807) is 0 Å². The van der Waals surface area contributed by atoms with Gasteiger partial charge < -0.3 is 15.3 Å². The molecule has 2 N–H and O–H groups in total. The van der Waals surface area contributed by atoms with Crippen molar-refractivity contribution in [2.45, 2.75) is 104 Å². The van der Waals surface area contributed by atoms with Gasteiger partial charge in [0, 0.05) is 12.1 Å². The monoisotopic (exact) mass is 410 g/mol.